The van der Waals surface area contributed by atoms with E-state index in [0.29, 0.717) is 32.8 Å². The molecular formula is C30H24BrN5O6S2. The van der Waals surface area contributed by atoms with Gasteiger partial charge in [0.2, 0.25) is 10.0 Å². The van der Waals surface area contributed by atoms with E-state index in [2.05, 4.69) is 31.4 Å². The number of amides is 2. The van der Waals surface area contributed by atoms with E-state index in [1.165, 1.54) is 35.4 Å². The summed E-state index contributed by atoms with van der Waals surface area (Å²) in [5.74, 6) is 0.201. The number of hydrogen-bond acceptors (Lipinski definition) is 9. The first-order valence-corrected chi connectivity index (χ1v) is 16.1. The van der Waals surface area contributed by atoms with Gasteiger partial charge in [-0.15, -0.1) is 5.10 Å². The van der Waals surface area contributed by atoms with Crippen LogP contribution in [0.1, 0.15) is 16.9 Å². The number of amidine groups is 1. The largest absolute Gasteiger partial charge is 0.483 e. The smallest absolute Gasteiger partial charge is 0.267 e. The van der Waals surface area contributed by atoms with Crippen LogP contribution in [0, 0.1) is 0 Å². The summed E-state index contributed by atoms with van der Waals surface area (Å²) in [6.45, 7) is -0.167. The molecule has 224 valence electrons. The van der Waals surface area contributed by atoms with Gasteiger partial charge in [0, 0.05) is 15.7 Å². The van der Waals surface area contributed by atoms with Crippen LogP contribution in [0.3, 0.4) is 0 Å². The molecule has 11 nitrogen and oxygen atoms in total. The standard InChI is InChI=1S/C30H24BrN5O6S2/c31-22-9-7-20(8-10-22)17-33-35-30-36(18-24-5-3-15-41-24)29(38)27(43-30)16-21-4-1-2-6-26(21)42-19-28(37)34-23-11-13-25(14-12-23)44(32,39)40/h1-17H,18-19H2,(H,34,37)(H2,32,39,40)/b27-16-,33-17+,35-30-. The number of rotatable bonds is 10. The number of halogens is 1. The summed E-state index contributed by atoms with van der Waals surface area (Å²) in [6, 6.07) is 23.5. The number of nitrogens with one attached hydrogen (secondary N) is 1. The van der Waals surface area contributed by atoms with Gasteiger partial charge in [-0.25, -0.2) is 13.6 Å². The quantitative estimate of drug-likeness (QED) is 0.131. The zero-order valence-corrected chi connectivity index (χ0v) is 26.0. The van der Waals surface area contributed by atoms with E-state index in [0.717, 1.165) is 21.8 Å². The first-order chi connectivity index (χ1) is 21.2. The second-order valence-electron chi connectivity index (χ2n) is 9.20. The zero-order chi connectivity index (χ0) is 31.1. The Labute approximate surface area is 265 Å². The number of hydrogen-bond donors (Lipinski definition) is 2. The third kappa shape index (κ3) is 8.11. The first-order valence-electron chi connectivity index (χ1n) is 12.9. The van der Waals surface area contributed by atoms with E-state index in [9.17, 15) is 18.0 Å². The molecule has 14 heteroatoms. The van der Waals surface area contributed by atoms with Crippen LogP contribution < -0.4 is 15.2 Å². The van der Waals surface area contributed by atoms with E-state index in [1.54, 1.807) is 48.7 Å². The molecule has 1 aromatic heterocycles. The summed E-state index contributed by atoms with van der Waals surface area (Å²) in [6.07, 6.45) is 4.80. The van der Waals surface area contributed by atoms with Crippen molar-refractivity contribution in [2.45, 2.75) is 11.4 Å². The fourth-order valence-corrected chi connectivity index (χ4v) is 5.62. The van der Waals surface area contributed by atoms with Crippen molar-refractivity contribution in [3.05, 3.63) is 117 Å². The molecule has 3 aromatic carbocycles. The Kier molecular flexibility index (Phi) is 9.75. The molecule has 1 aliphatic rings. The van der Waals surface area contributed by atoms with Crippen LogP contribution in [-0.4, -0.2) is 43.1 Å². The maximum absolute atomic E-state index is 13.5. The minimum absolute atomic E-state index is 0.0691. The number of carbonyl (C=O) groups is 2. The fraction of sp³-hybridized carbons (Fsp3) is 0.0667. The molecule has 0 unspecified atom stereocenters. The molecular weight excluding hydrogens is 670 g/mol. The van der Waals surface area contributed by atoms with Crippen molar-refractivity contribution < 1.29 is 27.2 Å². The third-order valence-corrected chi connectivity index (χ3v) is 8.49. The predicted octanol–water partition coefficient (Wildman–Crippen LogP) is 5.21. The Morgan fingerprint density at radius 2 is 1.80 bits per heavy atom. The van der Waals surface area contributed by atoms with Gasteiger partial charge >= 0.3 is 0 Å². The molecule has 1 aliphatic heterocycles. The maximum atomic E-state index is 13.5. The Balaban J connectivity index is 1.31. The van der Waals surface area contributed by atoms with Gasteiger partial charge in [0.1, 0.15) is 11.5 Å². The molecule has 1 fully saturated rings. The first kappa shape index (κ1) is 30.9. The number of carbonyl (C=O) groups excluding carboxylic acids is 2. The van der Waals surface area contributed by atoms with Crippen LogP contribution in [-0.2, 0) is 26.2 Å². The van der Waals surface area contributed by atoms with Gasteiger partial charge in [0.25, 0.3) is 11.8 Å². The number of benzene rings is 3. The van der Waals surface area contributed by atoms with Crippen molar-refractivity contribution >= 4 is 72.7 Å². The molecule has 0 bridgehead atoms. The summed E-state index contributed by atoms with van der Waals surface area (Å²) in [7, 11) is -3.84. The topological polar surface area (TPSA) is 157 Å². The summed E-state index contributed by atoms with van der Waals surface area (Å²) in [5.41, 5.74) is 1.79. The molecule has 44 heavy (non-hydrogen) atoms. The number of primary sulfonamides is 1. The van der Waals surface area contributed by atoms with Crippen LogP contribution in [0.25, 0.3) is 6.08 Å². The van der Waals surface area contributed by atoms with Gasteiger partial charge in [0.15, 0.2) is 11.8 Å². The fourth-order valence-electron chi connectivity index (χ4n) is 3.91. The van der Waals surface area contributed by atoms with Gasteiger partial charge in [0.05, 0.1) is 28.8 Å². The van der Waals surface area contributed by atoms with Crippen molar-refractivity contribution in [1.29, 1.82) is 0 Å². The number of nitrogens with two attached hydrogens (primary N) is 1. The highest BCUT2D eigenvalue weighted by Crippen LogP contribution is 2.35. The SMILES string of the molecule is NS(=O)(=O)c1ccc(NC(=O)COc2ccccc2/C=C2\S/C(=N\N=C\c3ccc(Br)cc3)N(Cc3ccco3)C2=O)cc1. The zero-order valence-electron chi connectivity index (χ0n) is 22.8. The number of sulfonamides is 1. The summed E-state index contributed by atoms with van der Waals surface area (Å²) in [5, 5.41) is 16.6. The maximum Gasteiger partial charge on any atom is 0.267 e. The lowest BCUT2D eigenvalue weighted by Crippen LogP contribution is -2.28. The number of furan rings is 1. The lowest BCUT2D eigenvalue weighted by atomic mass is 10.2. The van der Waals surface area contributed by atoms with Gasteiger partial charge in [-0.3, -0.25) is 14.5 Å². The Morgan fingerprint density at radius 1 is 1.05 bits per heavy atom. The second-order valence-corrected chi connectivity index (χ2v) is 12.7. The van der Waals surface area contributed by atoms with Crippen LogP contribution >= 0.6 is 27.7 Å². The van der Waals surface area contributed by atoms with Crippen LogP contribution in [0.5, 0.6) is 5.75 Å². The van der Waals surface area contributed by atoms with Crippen molar-refractivity contribution in [2.24, 2.45) is 15.3 Å². The second kappa shape index (κ2) is 13.9. The lowest BCUT2D eigenvalue weighted by Gasteiger charge is -2.12. The van der Waals surface area contributed by atoms with Crippen LogP contribution in [0.15, 0.2) is 120 Å². The van der Waals surface area contributed by atoms with E-state index in [-0.39, 0.29) is 24.0 Å². The van der Waals surface area contributed by atoms with Crippen molar-refractivity contribution in [3.8, 4) is 5.75 Å². The van der Waals surface area contributed by atoms with Gasteiger partial charge in [-0.05, 0) is 78.0 Å². The molecule has 0 atom stereocenters. The molecule has 4 aromatic rings. The average molecular weight is 695 g/mol. The summed E-state index contributed by atoms with van der Waals surface area (Å²) < 4.78 is 35.1. The normalized spacial score (nSPS) is 15.4. The number of para-hydroxylation sites is 1. The molecule has 0 radical (unpaired) electrons. The molecule has 0 aliphatic carbocycles. The van der Waals surface area contributed by atoms with Gasteiger partial charge in [-0.2, -0.15) is 5.10 Å². The Bertz CT molecular complexity index is 1860. The minimum atomic E-state index is -3.84. The summed E-state index contributed by atoms with van der Waals surface area (Å²) in [4.78, 5) is 27.8. The van der Waals surface area contributed by atoms with Crippen LogP contribution in [0.4, 0.5) is 5.69 Å². The molecule has 0 saturated carbocycles. The Hall–Kier alpha value is -4.50. The van der Waals surface area contributed by atoms with Crippen molar-refractivity contribution in [2.75, 3.05) is 11.9 Å². The molecule has 1 saturated heterocycles. The highest BCUT2D eigenvalue weighted by Gasteiger charge is 2.34. The highest BCUT2D eigenvalue weighted by atomic mass is 79.9. The summed E-state index contributed by atoms with van der Waals surface area (Å²) >= 11 is 4.56. The number of nitrogens with zero attached hydrogens (tertiary/aromatic N) is 3. The number of ether oxygens (including phenoxy) is 1. The van der Waals surface area contributed by atoms with E-state index in [1.807, 2.05) is 24.3 Å². The number of thioether (sulfide) groups is 1. The minimum Gasteiger partial charge on any atom is -0.483 e. The third-order valence-electron chi connectivity index (χ3n) is 6.03. The van der Waals surface area contributed by atoms with Gasteiger partial charge in [-0.1, -0.05) is 46.3 Å². The van der Waals surface area contributed by atoms with Crippen molar-refractivity contribution in [3.63, 3.8) is 0 Å². The average Bonchev–Trinajstić information content (AvgIpc) is 3.62. The molecule has 3 N–H and O–H groups in total. The molecule has 5 rings (SSSR count). The predicted molar refractivity (Wildman–Crippen MR) is 172 cm³/mol. The molecule has 0 spiro atoms. The Morgan fingerprint density at radius 3 is 2.50 bits per heavy atom. The van der Waals surface area contributed by atoms with E-state index in [4.69, 9.17) is 14.3 Å². The van der Waals surface area contributed by atoms with Crippen LogP contribution in [0.2, 0.25) is 0 Å². The van der Waals surface area contributed by atoms with Gasteiger partial charge < -0.3 is 14.5 Å². The number of anilines is 1. The highest BCUT2D eigenvalue weighted by molar-refractivity contribution is 9.10. The molecule has 2 heterocycles. The van der Waals surface area contributed by atoms with E-state index >= 15 is 0 Å². The van der Waals surface area contributed by atoms with E-state index < -0.39 is 15.9 Å². The monoisotopic (exact) mass is 693 g/mol. The lowest BCUT2D eigenvalue weighted by molar-refractivity contribution is -0.122. The van der Waals surface area contributed by atoms with Crippen molar-refractivity contribution in [1.82, 2.24) is 4.90 Å². The molecule has 2 amide bonds.